The maximum Gasteiger partial charge on any atom is 0.222 e. The van der Waals surface area contributed by atoms with Crippen molar-refractivity contribution in [1.82, 2.24) is 25.1 Å². The average molecular weight is 472 g/mol. The van der Waals surface area contributed by atoms with E-state index in [9.17, 15) is 9.59 Å². The Balaban J connectivity index is 1.22. The minimum absolute atomic E-state index is 0.0575. The summed E-state index contributed by atoms with van der Waals surface area (Å²) in [5.41, 5.74) is 1.48. The second-order valence-electron chi connectivity index (χ2n) is 7.83. The van der Waals surface area contributed by atoms with E-state index in [2.05, 4.69) is 15.4 Å². The molecule has 166 valence electrons. The van der Waals surface area contributed by atoms with Crippen LogP contribution in [-0.4, -0.2) is 49.9 Å². The third-order valence-corrected chi connectivity index (χ3v) is 6.40. The van der Waals surface area contributed by atoms with Gasteiger partial charge in [-0.15, -0.1) is 10.2 Å². The molecule has 0 bridgehead atoms. The fraction of sp³-hybridized carbons (Fsp3) is 0.348. The van der Waals surface area contributed by atoms with Gasteiger partial charge in [-0.25, -0.2) is 0 Å². The van der Waals surface area contributed by atoms with Gasteiger partial charge in [-0.3, -0.25) is 9.59 Å². The Labute approximate surface area is 196 Å². The largest absolute Gasteiger partial charge is 0.343 e. The zero-order valence-electron chi connectivity index (χ0n) is 17.5. The molecular formula is C23H23Cl2N5O2. The molecule has 7 nitrogen and oxygen atoms in total. The van der Waals surface area contributed by atoms with Gasteiger partial charge in [-0.2, -0.15) is 4.80 Å². The Morgan fingerprint density at radius 1 is 1.00 bits per heavy atom. The number of likely N-dealkylation sites (tertiary alicyclic amines) is 1. The maximum absolute atomic E-state index is 12.7. The molecule has 1 amide bonds. The minimum atomic E-state index is -0.105. The monoisotopic (exact) mass is 471 g/mol. The van der Waals surface area contributed by atoms with Crippen LogP contribution in [0.4, 0.5) is 0 Å². The molecule has 1 fully saturated rings. The summed E-state index contributed by atoms with van der Waals surface area (Å²) >= 11 is 12.0. The third kappa shape index (κ3) is 5.34. The molecule has 9 heteroatoms. The van der Waals surface area contributed by atoms with Crippen LogP contribution in [-0.2, 0) is 11.3 Å². The van der Waals surface area contributed by atoms with Crippen LogP contribution < -0.4 is 0 Å². The predicted octanol–water partition coefficient (Wildman–Crippen LogP) is 4.55. The van der Waals surface area contributed by atoms with Crippen molar-refractivity contribution < 1.29 is 9.59 Å². The Morgan fingerprint density at radius 3 is 2.47 bits per heavy atom. The van der Waals surface area contributed by atoms with Gasteiger partial charge in [-0.1, -0.05) is 53.5 Å². The highest BCUT2D eigenvalue weighted by atomic mass is 35.5. The lowest BCUT2D eigenvalue weighted by Gasteiger charge is -2.31. The number of aryl methyl sites for hydroxylation is 1. The van der Waals surface area contributed by atoms with E-state index < -0.39 is 0 Å². The molecule has 1 aliphatic rings. The molecule has 0 radical (unpaired) electrons. The van der Waals surface area contributed by atoms with E-state index in [-0.39, 0.29) is 17.6 Å². The number of amides is 1. The number of hydrogen-bond acceptors (Lipinski definition) is 5. The van der Waals surface area contributed by atoms with Crippen molar-refractivity contribution in [2.75, 3.05) is 13.1 Å². The summed E-state index contributed by atoms with van der Waals surface area (Å²) in [5, 5.41) is 13.3. The first kappa shape index (κ1) is 22.4. The van der Waals surface area contributed by atoms with Crippen molar-refractivity contribution in [3.63, 3.8) is 0 Å². The molecule has 1 aromatic heterocycles. The molecule has 0 unspecified atom stereocenters. The number of ketones is 1. The van der Waals surface area contributed by atoms with E-state index in [1.54, 1.807) is 18.2 Å². The molecule has 0 aliphatic carbocycles. The van der Waals surface area contributed by atoms with E-state index in [0.29, 0.717) is 66.8 Å². The fourth-order valence-corrected chi connectivity index (χ4v) is 4.14. The molecular weight excluding hydrogens is 449 g/mol. The number of tetrazole rings is 1. The minimum Gasteiger partial charge on any atom is -0.343 e. The average Bonchev–Trinajstić information content (AvgIpc) is 3.30. The summed E-state index contributed by atoms with van der Waals surface area (Å²) < 4.78 is 0. The van der Waals surface area contributed by atoms with Crippen molar-refractivity contribution >= 4 is 34.9 Å². The number of carbonyl (C=O) groups excluding carboxylic acids is 2. The fourth-order valence-electron chi connectivity index (χ4n) is 3.85. The van der Waals surface area contributed by atoms with Gasteiger partial charge in [0.15, 0.2) is 5.78 Å². The van der Waals surface area contributed by atoms with Gasteiger partial charge in [0.2, 0.25) is 11.7 Å². The number of carbonyl (C=O) groups is 2. The summed E-state index contributed by atoms with van der Waals surface area (Å²) in [6.07, 6.45) is 2.34. The topological polar surface area (TPSA) is 81.0 Å². The lowest BCUT2D eigenvalue weighted by molar-refractivity contribution is -0.132. The summed E-state index contributed by atoms with van der Waals surface area (Å²) in [5.74, 6) is 0.619. The van der Waals surface area contributed by atoms with Gasteiger partial charge < -0.3 is 4.90 Å². The summed E-state index contributed by atoms with van der Waals surface area (Å²) in [4.78, 5) is 28.7. The molecule has 4 rings (SSSR count). The first-order valence-corrected chi connectivity index (χ1v) is 11.4. The van der Waals surface area contributed by atoms with E-state index in [1.165, 1.54) is 4.80 Å². The lowest BCUT2D eigenvalue weighted by atomic mass is 9.89. The number of benzene rings is 2. The molecule has 1 saturated heterocycles. The normalized spacial score (nSPS) is 14.5. The summed E-state index contributed by atoms with van der Waals surface area (Å²) in [6.45, 7) is 1.68. The highest BCUT2D eigenvalue weighted by Gasteiger charge is 2.28. The quantitative estimate of drug-likeness (QED) is 0.472. The maximum atomic E-state index is 12.7. The van der Waals surface area contributed by atoms with Crippen LogP contribution in [0.15, 0.2) is 48.5 Å². The van der Waals surface area contributed by atoms with E-state index in [4.69, 9.17) is 23.2 Å². The second-order valence-corrected chi connectivity index (χ2v) is 8.64. The van der Waals surface area contributed by atoms with Crippen LogP contribution in [0, 0.1) is 5.92 Å². The van der Waals surface area contributed by atoms with Crippen molar-refractivity contribution in [2.45, 2.75) is 32.2 Å². The zero-order valence-corrected chi connectivity index (χ0v) is 19.0. The Morgan fingerprint density at radius 2 is 1.75 bits per heavy atom. The van der Waals surface area contributed by atoms with Gasteiger partial charge in [0, 0.05) is 36.6 Å². The highest BCUT2D eigenvalue weighted by molar-refractivity contribution is 6.42. The summed E-state index contributed by atoms with van der Waals surface area (Å²) in [7, 11) is 0. The van der Waals surface area contributed by atoms with Crippen LogP contribution in [0.3, 0.4) is 0 Å². The van der Waals surface area contributed by atoms with Crippen molar-refractivity contribution in [2.24, 2.45) is 5.92 Å². The van der Waals surface area contributed by atoms with Gasteiger partial charge in [0.05, 0.1) is 16.6 Å². The number of hydrogen-bond donors (Lipinski definition) is 0. The molecule has 2 heterocycles. The van der Waals surface area contributed by atoms with Crippen LogP contribution >= 0.6 is 23.2 Å². The van der Waals surface area contributed by atoms with Crippen LogP contribution in [0.25, 0.3) is 11.4 Å². The van der Waals surface area contributed by atoms with Gasteiger partial charge >= 0.3 is 0 Å². The van der Waals surface area contributed by atoms with Gasteiger partial charge in [0.1, 0.15) is 0 Å². The second kappa shape index (κ2) is 10.2. The molecule has 1 aliphatic heterocycles. The standard InChI is InChI=1S/C23H23Cl2N5O2/c24-19-9-8-18(15-20(19)25)22(32)16-10-13-29(14-11-16)21(31)7-4-12-30-27-23(26-28-30)17-5-2-1-3-6-17/h1-3,5-6,8-9,15-16H,4,7,10-14H2. The first-order valence-electron chi connectivity index (χ1n) is 10.6. The molecule has 0 atom stereocenters. The van der Waals surface area contributed by atoms with Gasteiger partial charge in [-0.05, 0) is 42.7 Å². The molecule has 0 spiro atoms. The predicted molar refractivity (Wildman–Crippen MR) is 123 cm³/mol. The summed E-state index contributed by atoms with van der Waals surface area (Å²) in [6, 6.07) is 14.6. The Kier molecular flexibility index (Phi) is 7.17. The highest BCUT2D eigenvalue weighted by Crippen LogP contribution is 2.27. The zero-order chi connectivity index (χ0) is 22.5. The number of halogens is 2. The molecule has 32 heavy (non-hydrogen) atoms. The Hall–Kier alpha value is -2.77. The number of nitrogens with zero attached hydrogens (tertiary/aromatic N) is 5. The van der Waals surface area contributed by atoms with E-state index in [0.717, 1.165) is 5.56 Å². The van der Waals surface area contributed by atoms with Crippen molar-refractivity contribution in [3.05, 3.63) is 64.1 Å². The van der Waals surface area contributed by atoms with Crippen LogP contribution in [0.1, 0.15) is 36.0 Å². The smallest absolute Gasteiger partial charge is 0.222 e. The lowest BCUT2D eigenvalue weighted by Crippen LogP contribution is -2.40. The van der Waals surface area contributed by atoms with Gasteiger partial charge in [0.25, 0.3) is 0 Å². The molecule has 0 saturated carbocycles. The number of Topliss-reactive ketones (excluding diaryl/α,β-unsaturated/α-hetero) is 1. The van der Waals surface area contributed by atoms with Crippen LogP contribution in [0.5, 0.6) is 0 Å². The number of rotatable bonds is 7. The van der Waals surface area contributed by atoms with E-state index >= 15 is 0 Å². The SMILES string of the molecule is O=C(c1ccc(Cl)c(Cl)c1)C1CCN(C(=O)CCCn2nnc(-c3ccccc3)n2)CC1. The van der Waals surface area contributed by atoms with Crippen LogP contribution in [0.2, 0.25) is 10.0 Å². The first-order chi connectivity index (χ1) is 15.5. The molecule has 0 N–H and O–H groups in total. The third-order valence-electron chi connectivity index (χ3n) is 5.66. The number of piperidine rings is 1. The molecule has 2 aromatic carbocycles. The van der Waals surface area contributed by atoms with E-state index in [1.807, 2.05) is 35.2 Å². The Bertz CT molecular complexity index is 1090. The van der Waals surface area contributed by atoms with Crippen molar-refractivity contribution in [3.8, 4) is 11.4 Å². The van der Waals surface area contributed by atoms with Crippen molar-refractivity contribution in [1.29, 1.82) is 0 Å². The molecule has 3 aromatic rings. The number of aromatic nitrogens is 4.